The van der Waals surface area contributed by atoms with Gasteiger partial charge >= 0.3 is 0 Å². The summed E-state index contributed by atoms with van der Waals surface area (Å²) in [6, 6.07) is 4.65. The van der Waals surface area contributed by atoms with Crippen LogP contribution in [0.4, 0.5) is 0 Å². The lowest BCUT2D eigenvalue weighted by molar-refractivity contribution is 0.209. The average Bonchev–Trinajstić information content (AvgIpc) is 2.84. The Morgan fingerprint density at radius 2 is 1.16 bits per heavy atom. The number of rotatable bonds is 14. The maximum Gasteiger partial charge on any atom is 0.0403 e. The molecular weight excluding hydrogens is 386 g/mol. The Kier molecular flexibility index (Phi) is 12.2. The lowest BCUT2D eigenvalue weighted by Crippen LogP contribution is -2.18. The predicted octanol–water partition coefficient (Wildman–Crippen LogP) is 9.72. The molecule has 2 aliphatic rings. The monoisotopic (exact) mass is 439 g/mol. The molecule has 1 aromatic heterocycles. The lowest BCUT2D eigenvalue weighted by Gasteiger charge is -2.32. The number of unbranched alkanes of at least 4 members (excludes halogenated alkanes) is 4. The molecule has 0 radical (unpaired) electrons. The zero-order chi connectivity index (χ0) is 22.4. The molecule has 1 heterocycles. The number of pyridine rings is 1. The molecule has 1 heteroatoms. The van der Waals surface area contributed by atoms with Crippen LogP contribution in [0.2, 0.25) is 0 Å². The van der Waals surface area contributed by atoms with Gasteiger partial charge in [-0.25, -0.2) is 0 Å². The molecule has 32 heavy (non-hydrogen) atoms. The minimum absolute atomic E-state index is 0.954. The number of aryl methyl sites for hydroxylation is 2. The third-order valence-corrected chi connectivity index (χ3v) is 8.88. The summed E-state index contributed by atoms with van der Waals surface area (Å²) >= 11 is 0. The second kappa shape index (κ2) is 15.1. The normalized spacial score (nSPS) is 26.3. The molecule has 0 unspecified atom stereocenters. The first-order valence-corrected chi connectivity index (χ1v) is 14.7. The fourth-order valence-corrected chi connectivity index (χ4v) is 6.53. The van der Waals surface area contributed by atoms with Gasteiger partial charge in [-0.3, -0.25) is 4.98 Å². The van der Waals surface area contributed by atoms with Gasteiger partial charge in [-0.15, -0.1) is 0 Å². The van der Waals surface area contributed by atoms with Gasteiger partial charge in [0, 0.05) is 11.9 Å². The van der Waals surface area contributed by atoms with Crippen molar-refractivity contribution in [3.8, 4) is 0 Å². The first kappa shape index (κ1) is 25.8. The standard InChI is InChI=1S/C31H53N/c1-3-5-6-7-8-10-30-22-24-31(32-25-30)23-21-29-19-17-28(18-20-29)16-15-27-13-11-26(9-4-2)12-14-27/h22,24-29H,3-21,23H2,1-2H3/t26-,27-,28-,29-. The quantitative estimate of drug-likeness (QED) is 0.263. The Hall–Kier alpha value is -0.850. The van der Waals surface area contributed by atoms with Crippen LogP contribution in [0.15, 0.2) is 18.3 Å². The smallest absolute Gasteiger partial charge is 0.0403 e. The second-order valence-corrected chi connectivity index (χ2v) is 11.5. The summed E-state index contributed by atoms with van der Waals surface area (Å²) in [5.41, 5.74) is 2.75. The molecule has 3 rings (SSSR count). The number of hydrogen-bond donors (Lipinski definition) is 0. The molecule has 0 N–H and O–H groups in total. The summed E-state index contributed by atoms with van der Waals surface area (Å²) in [6.07, 6.45) is 30.7. The molecule has 1 aromatic rings. The van der Waals surface area contributed by atoms with E-state index in [0.29, 0.717) is 0 Å². The van der Waals surface area contributed by atoms with E-state index in [1.54, 1.807) is 0 Å². The van der Waals surface area contributed by atoms with Crippen molar-refractivity contribution >= 4 is 0 Å². The van der Waals surface area contributed by atoms with Crippen LogP contribution in [0.1, 0.15) is 141 Å². The molecule has 0 spiro atoms. The fourth-order valence-electron chi connectivity index (χ4n) is 6.53. The van der Waals surface area contributed by atoms with Crippen molar-refractivity contribution < 1.29 is 0 Å². The van der Waals surface area contributed by atoms with Gasteiger partial charge in [0.2, 0.25) is 0 Å². The molecule has 0 aromatic carbocycles. The largest absolute Gasteiger partial charge is 0.261 e. The van der Waals surface area contributed by atoms with Gasteiger partial charge in [-0.2, -0.15) is 0 Å². The maximum absolute atomic E-state index is 4.79. The molecular formula is C31H53N. The predicted molar refractivity (Wildman–Crippen MR) is 140 cm³/mol. The van der Waals surface area contributed by atoms with Gasteiger partial charge in [0.1, 0.15) is 0 Å². The summed E-state index contributed by atoms with van der Waals surface area (Å²) in [5.74, 6) is 4.12. The zero-order valence-electron chi connectivity index (χ0n) is 21.6. The van der Waals surface area contributed by atoms with E-state index in [1.165, 1.54) is 140 Å². The summed E-state index contributed by atoms with van der Waals surface area (Å²) in [4.78, 5) is 4.79. The summed E-state index contributed by atoms with van der Waals surface area (Å²) in [5, 5.41) is 0. The van der Waals surface area contributed by atoms with Crippen molar-refractivity contribution in [3.05, 3.63) is 29.6 Å². The molecule has 0 atom stereocenters. The maximum atomic E-state index is 4.79. The first-order valence-electron chi connectivity index (χ1n) is 14.7. The molecule has 0 amide bonds. The van der Waals surface area contributed by atoms with Crippen LogP contribution in [0.5, 0.6) is 0 Å². The fraction of sp³-hybridized carbons (Fsp3) is 0.839. The highest BCUT2D eigenvalue weighted by Gasteiger charge is 2.24. The topological polar surface area (TPSA) is 12.9 Å². The summed E-state index contributed by atoms with van der Waals surface area (Å²) < 4.78 is 0. The Morgan fingerprint density at radius 1 is 0.594 bits per heavy atom. The molecule has 2 aliphatic carbocycles. The van der Waals surface area contributed by atoms with E-state index in [2.05, 4.69) is 32.2 Å². The SMILES string of the molecule is CCCCCCCc1ccc(CC[C@H]2CC[C@H](CC[C@H]3CC[C@H](CCC)CC3)CC2)nc1. The zero-order valence-corrected chi connectivity index (χ0v) is 21.6. The van der Waals surface area contributed by atoms with E-state index in [9.17, 15) is 0 Å². The number of hydrogen-bond acceptors (Lipinski definition) is 1. The number of nitrogens with zero attached hydrogens (tertiary/aromatic N) is 1. The first-order chi connectivity index (χ1) is 15.8. The van der Waals surface area contributed by atoms with Crippen LogP contribution < -0.4 is 0 Å². The van der Waals surface area contributed by atoms with Crippen LogP contribution in [-0.4, -0.2) is 4.98 Å². The Bertz CT molecular complexity index is 575. The summed E-state index contributed by atoms with van der Waals surface area (Å²) in [7, 11) is 0. The Morgan fingerprint density at radius 3 is 1.69 bits per heavy atom. The van der Waals surface area contributed by atoms with Gasteiger partial charge in [-0.1, -0.05) is 123 Å². The van der Waals surface area contributed by atoms with Crippen LogP contribution in [0.25, 0.3) is 0 Å². The van der Waals surface area contributed by atoms with Crippen molar-refractivity contribution in [3.63, 3.8) is 0 Å². The Balaban J connectivity index is 1.24. The minimum Gasteiger partial charge on any atom is -0.261 e. The molecule has 0 bridgehead atoms. The van der Waals surface area contributed by atoms with Crippen LogP contribution in [-0.2, 0) is 12.8 Å². The number of aromatic nitrogens is 1. The van der Waals surface area contributed by atoms with Gasteiger partial charge in [-0.05, 0) is 61.0 Å². The highest BCUT2D eigenvalue weighted by Crippen LogP contribution is 2.38. The van der Waals surface area contributed by atoms with E-state index in [1.807, 2.05) is 0 Å². The lowest BCUT2D eigenvalue weighted by atomic mass is 9.74. The highest BCUT2D eigenvalue weighted by atomic mass is 14.7. The van der Waals surface area contributed by atoms with E-state index < -0.39 is 0 Å². The second-order valence-electron chi connectivity index (χ2n) is 11.5. The van der Waals surface area contributed by atoms with Crippen LogP contribution in [0.3, 0.4) is 0 Å². The minimum atomic E-state index is 0.954. The molecule has 0 saturated heterocycles. The van der Waals surface area contributed by atoms with E-state index in [-0.39, 0.29) is 0 Å². The third-order valence-electron chi connectivity index (χ3n) is 8.88. The van der Waals surface area contributed by atoms with E-state index >= 15 is 0 Å². The molecule has 2 saturated carbocycles. The molecule has 182 valence electrons. The average molecular weight is 440 g/mol. The molecule has 2 fully saturated rings. The third kappa shape index (κ3) is 9.56. The van der Waals surface area contributed by atoms with Crippen LogP contribution in [0, 0.1) is 23.7 Å². The van der Waals surface area contributed by atoms with Gasteiger partial charge in [0.15, 0.2) is 0 Å². The van der Waals surface area contributed by atoms with E-state index in [0.717, 1.165) is 23.7 Å². The van der Waals surface area contributed by atoms with Crippen molar-refractivity contribution in [2.75, 3.05) is 0 Å². The van der Waals surface area contributed by atoms with Crippen molar-refractivity contribution in [2.45, 2.75) is 142 Å². The van der Waals surface area contributed by atoms with Gasteiger partial charge < -0.3 is 0 Å². The van der Waals surface area contributed by atoms with Gasteiger partial charge in [0.25, 0.3) is 0 Å². The van der Waals surface area contributed by atoms with Crippen molar-refractivity contribution in [1.82, 2.24) is 4.98 Å². The van der Waals surface area contributed by atoms with Crippen molar-refractivity contribution in [1.29, 1.82) is 0 Å². The Labute approximate surface area is 200 Å². The molecule has 0 aliphatic heterocycles. The van der Waals surface area contributed by atoms with E-state index in [4.69, 9.17) is 4.98 Å². The summed E-state index contributed by atoms with van der Waals surface area (Å²) in [6.45, 7) is 4.64. The van der Waals surface area contributed by atoms with Crippen LogP contribution >= 0.6 is 0 Å². The van der Waals surface area contributed by atoms with Gasteiger partial charge in [0.05, 0.1) is 0 Å². The van der Waals surface area contributed by atoms with Crippen molar-refractivity contribution in [2.24, 2.45) is 23.7 Å². The molecule has 1 nitrogen and oxygen atoms in total. The highest BCUT2D eigenvalue weighted by molar-refractivity contribution is 5.14.